The molecule has 0 aliphatic carbocycles. The Labute approximate surface area is 127 Å². The minimum absolute atomic E-state index is 0.121. The van der Waals surface area contributed by atoms with Crippen LogP contribution in [0.15, 0.2) is 29.2 Å². The molecule has 0 saturated carbocycles. The second-order valence-corrected chi connectivity index (χ2v) is 6.22. The van der Waals surface area contributed by atoms with Crippen molar-refractivity contribution in [3.05, 3.63) is 24.3 Å². The third kappa shape index (κ3) is 3.95. The van der Waals surface area contributed by atoms with Crippen molar-refractivity contribution >= 4 is 23.4 Å². The lowest BCUT2D eigenvalue weighted by Crippen LogP contribution is -2.50. The van der Waals surface area contributed by atoms with Crippen LogP contribution >= 0.6 is 11.8 Å². The molecule has 1 saturated heterocycles. The maximum atomic E-state index is 12.6. The maximum Gasteiger partial charge on any atom is 0.288 e. The van der Waals surface area contributed by atoms with Crippen LogP contribution in [0.4, 0.5) is 14.5 Å². The van der Waals surface area contributed by atoms with Crippen LogP contribution in [0.3, 0.4) is 0 Å². The fraction of sp³-hybridized carbons (Fsp3) is 0.533. The lowest BCUT2D eigenvalue weighted by Gasteiger charge is -2.28. The van der Waals surface area contributed by atoms with Crippen LogP contribution in [0, 0.1) is 0 Å². The first-order valence-corrected chi connectivity index (χ1v) is 8.06. The summed E-state index contributed by atoms with van der Waals surface area (Å²) in [5, 5.41) is 6.11. The smallest absolute Gasteiger partial charge is 0.288 e. The highest BCUT2D eigenvalue weighted by molar-refractivity contribution is 7.99. The van der Waals surface area contributed by atoms with Gasteiger partial charge in [-0.3, -0.25) is 4.79 Å². The van der Waals surface area contributed by atoms with Crippen molar-refractivity contribution in [3.8, 4) is 0 Å². The van der Waals surface area contributed by atoms with Gasteiger partial charge in [0.15, 0.2) is 0 Å². The second-order valence-electron chi connectivity index (χ2n) is 5.19. The van der Waals surface area contributed by atoms with Crippen LogP contribution in [0.5, 0.6) is 0 Å². The molecule has 0 radical (unpaired) electrons. The SMILES string of the molecule is CCCC1(C(=O)Nc2ccccc2SC(F)F)CCCN1. The third-order valence-corrected chi connectivity index (χ3v) is 4.49. The average Bonchev–Trinajstić information content (AvgIpc) is 2.91. The van der Waals surface area contributed by atoms with Crippen LogP contribution in [0.1, 0.15) is 32.6 Å². The van der Waals surface area contributed by atoms with Crippen molar-refractivity contribution < 1.29 is 13.6 Å². The summed E-state index contributed by atoms with van der Waals surface area (Å²) >= 11 is 0.453. The van der Waals surface area contributed by atoms with E-state index in [0.29, 0.717) is 22.3 Å². The molecule has 1 aromatic carbocycles. The fourth-order valence-electron chi connectivity index (χ4n) is 2.76. The van der Waals surface area contributed by atoms with Crippen LogP contribution in [-0.4, -0.2) is 23.7 Å². The molecular formula is C15H20F2N2OS. The minimum Gasteiger partial charge on any atom is -0.323 e. The summed E-state index contributed by atoms with van der Waals surface area (Å²) in [5.41, 5.74) is -0.103. The van der Waals surface area contributed by atoms with Crippen LogP contribution < -0.4 is 10.6 Å². The molecule has 1 amide bonds. The number of carbonyl (C=O) groups is 1. The monoisotopic (exact) mass is 314 g/mol. The molecule has 6 heteroatoms. The molecule has 1 unspecified atom stereocenters. The number of amides is 1. The number of thioether (sulfide) groups is 1. The van der Waals surface area contributed by atoms with Gasteiger partial charge in [0.2, 0.25) is 5.91 Å². The Morgan fingerprint density at radius 2 is 2.24 bits per heavy atom. The molecule has 3 nitrogen and oxygen atoms in total. The molecule has 1 aromatic rings. The first-order valence-electron chi connectivity index (χ1n) is 7.18. The molecule has 1 atom stereocenters. The molecule has 1 aliphatic heterocycles. The standard InChI is InChI=1S/C15H20F2N2OS/c1-2-8-15(9-5-10-18-15)13(20)19-11-6-3-4-7-12(11)21-14(16)17/h3-4,6-7,14,18H,2,5,8-10H2,1H3,(H,19,20). The minimum atomic E-state index is -2.50. The zero-order valence-corrected chi connectivity index (χ0v) is 12.8. The summed E-state index contributed by atoms with van der Waals surface area (Å²) in [6, 6.07) is 6.69. The summed E-state index contributed by atoms with van der Waals surface area (Å²) < 4.78 is 25.1. The molecule has 0 spiro atoms. The van der Waals surface area contributed by atoms with Gasteiger partial charge in [0.05, 0.1) is 11.2 Å². The van der Waals surface area contributed by atoms with Crippen LogP contribution in [0.25, 0.3) is 0 Å². The van der Waals surface area contributed by atoms with Crippen molar-refractivity contribution in [2.75, 3.05) is 11.9 Å². The van der Waals surface area contributed by atoms with E-state index in [-0.39, 0.29) is 5.91 Å². The van der Waals surface area contributed by atoms with E-state index < -0.39 is 11.3 Å². The van der Waals surface area contributed by atoms with Gasteiger partial charge < -0.3 is 10.6 Å². The number of rotatable bonds is 6. The second kappa shape index (κ2) is 7.22. The third-order valence-electron chi connectivity index (χ3n) is 3.71. The predicted octanol–water partition coefficient (Wildman–Crippen LogP) is 3.86. The summed E-state index contributed by atoms with van der Waals surface area (Å²) in [6.45, 7) is 2.86. The van der Waals surface area contributed by atoms with Gasteiger partial charge in [0.25, 0.3) is 5.76 Å². The summed E-state index contributed by atoms with van der Waals surface area (Å²) in [5.74, 6) is -2.62. The van der Waals surface area contributed by atoms with Crippen molar-refractivity contribution in [2.24, 2.45) is 0 Å². The highest BCUT2D eigenvalue weighted by Crippen LogP contribution is 2.33. The van der Waals surface area contributed by atoms with E-state index in [2.05, 4.69) is 10.6 Å². The van der Waals surface area contributed by atoms with Crippen LogP contribution in [0.2, 0.25) is 0 Å². The summed E-state index contributed by atoms with van der Waals surface area (Å²) in [7, 11) is 0. The fourth-order valence-corrected chi connectivity index (χ4v) is 3.36. The molecule has 2 N–H and O–H groups in total. The number of anilines is 1. The zero-order valence-electron chi connectivity index (χ0n) is 12.0. The van der Waals surface area contributed by atoms with Gasteiger partial charge in [-0.25, -0.2) is 0 Å². The van der Waals surface area contributed by atoms with Gasteiger partial charge in [-0.15, -0.1) is 0 Å². The number of carbonyl (C=O) groups excluding carboxylic acids is 1. The molecule has 1 fully saturated rings. The average molecular weight is 314 g/mol. The van der Waals surface area contributed by atoms with Gasteiger partial charge >= 0.3 is 0 Å². The lowest BCUT2D eigenvalue weighted by molar-refractivity contribution is -0.122. The van der Waals surface area contributed by atoms with Gasteiger partial charge in [-0.2, -0.15) is 8.78 Å². The Morgan fingerprint density at radius 3 is 2.86 bits per heavy atom. The number of halogens is 2. The molecule has 0 bridgehead atoms. The number of nitrogens with one attached hydrogen (secondary N) is 2. The topological polar surface area (TPSA) is 41.1 Å². The van der Waals surface area contributed by atoms with E-state index in [1.807, 2.05) is 6.92 Å². The summed E-state index contributed by atoms with van der Waals surface area (Å²) in [6.07, 6.45) is 3.40. The Hall–Kier alpha value is -1.14. The molecule has 0 aromatic heterocycles. The zero-order chi connectivity index (χ0) is 15.3. The molecule has 1 heterocycles. The van der Waals surface area contributed by atoms with Crippen molar-refractivity contribution in [1.82, 2.24) is 5.32 Å². The number of hydrogen-bond acceptors (Lipinski definition) is 3. The van der Waals surface area contributed by atoms with Crippen molar-refractivity contribution in [3.63, 3.8) is 0 Å². The van der Waals surface area contributed by atoms with E-state index in [0.717, 1.165) is 32.2 Å². The number of para-hydroxylation sites is 1. The molecular weight excluding hydrogens is 294 g/mol. The number of alkyl halides is 2. The first kappa shape index (κ1) is 16.2. The predicted molar refractivity (Wildman–Crippen MR) is 81.8 cm³/mol. The Morgan fingerprint density at radius 1 is 1.48 bits per heavy atom. The molecule has 116 valence electrons. The maximum absolute atomic E-state index is 12.6. The van der Waals surface area contributed by atoms with Gasteiger partial charge in [-0.05, 0) is 37.9 Å². The Kier molecular flexibility index (Phi) is 5.58. The quantitative estimate of drug-likeness (QED) is 0.783. The van der Waals surface area contributed by atoms with Crippen molar-refractivity contribution in [1.29, 1.82) is 0 Å². The molecule has 1 aliphatic rings. The Bertz CT molecular complexity index is 490. The van der Waals surface area contributed by atoms with E-state index in [9.17, 15) is 13.6 Å². The Balaban J connectivity index is 2.15. The normalized spacial score (nSPS) is 21.7. The highest BCUT2D eigenvalue weighted by atomic mass is 32.2. The van der Waals surface area contributed by atoms with Crippen molar-refractivity contribution in [2.45, 2.75) is 48.8 Å². The largest absolute Gasteiger partial charge is 0.323 e. The van der Waals surface area contributed by atoms with Gasteiger partial charge in [-0.1, -0.05) is 37.2 Å². The van der Waals surface area contributed by atoms with Crippen LogP contribution in [-0.2, 0) is 4.79 Å². The number of hydrogen-bond donors (Lipinski definition) is 2. The van der Waals surface area contributed by atoms with E-state index in [4.69, 9.17) is 0 Å². The highest BCUT2D eigenvalue weighted by Gasteiger charge is 2.40. The van der Waals surface area contributed by atoms with E-state index in [1.165, 1.54) is 0 Å². The van der Waals surface area contributed by atoms with Gasteiger partial charge in [0, 0.05) is 4.90 Å². The summed E-state index contributed by atoms with van der Waals surface area (Å²) in [4.78, 5) is 13.0. The van der Waals surface area contributed by atoms with E-state index >= 15 is 0 Å². The lowest BCUT2D eigenvalue weighted by atomic mass is 9.91. The molecule has 2 rings (SSSR count). The first-order chi connectivity index (χ1) is 10.1. The molecule has 21 heavy (non-hydrogen) atoms. The van der Waals surface area contributed by atoms with Gasteiger partial charge in [0.1, 0.15) is 0 Å². The van der Waals surface area contributed by atoms with E-state index in [1.54, 1.807) is 24.3 Å². The number of benzene rings is 1.